The summed E-state index contributed by atoms with van der Waals surface area (Å²) in [5, 5.41) is 4.38. The van der Waals surface area contributed by atoms with Crippen molar-refractivity contribution in [3.8, 4) is 11.1 Å². The first-order chi connectivity index (χ1) is 17.9. The van der Waals surface area contributed by atoms with Gasteiger partial charge in [-0.3, -0.25) is 9.78 Å². The highest BCUT2D eigenvalue weighted by Crippen LogP contribution is 2.40. The Morgan fingerprint density at radius 1 is 1.05 bits per heavy atom. The lowest BCUT2D eigenvalue weighted by Gasteiger charge is -2.37. The summed E-state index contributed by atoms with van der Waals surface area (Å²) in [6, 6.07) is 14.1. The second-order valence-electron chi connectivity index (χ2n) is 9.92. The van der Waals surface area contributed by atoms with Gasteiger partial charge >= 0.3 is 0 Å². The van der Waals surface area contributed by atoms with Gasteiger partial charge in [0.1, 0.15) is 10.7 Å². The van der Waals surface area contributed by atoms with Gasteiger partial charge in [0.2, 0.25) is 0 Å². The van der Waals surface area contributed by atoms with Crippen molar-refractivity contribution < 1.29 is 9.18 Å². The second-order valence-corrected chi connectivity index (χ2v) is 11.3. The smallest absolute Gasteiger partial charge is 0.266 e. The fourth-order valence-electron chi connectivity index (χ4n) is 5.35. The molecule has 0 spiro atoms. The predicted molar refractivity (Wildman–Crippen MR) is 151 cm³/mol. The Morgan fingerprint density at radius 2 is 1.76 bits per heavy atom. The van der Waals surface area contributed by atoms with E-state index in [1.54, 1.807) is 18.5 Å². The van der Waals surface area contributed by atoms with Crippen LogP contribution >= 0.6 is 22.9 Å². The van der Waals surface area contributed by atoms with Crippen molar-refractivity contribution in [3.05, 3.63) is 87.3 Å². The Labute approximate surface area is 226 Å². The predicted octanol–water partition coefficient (Wildman–Crippen LogP) is 7.55. The van der Waals surface area contributed by atoms with Crippen LogP contribution in [0.5, 0.6) is 0 Å². The monoisotopic (exact) mass is 535 g/mol. The zero-order chi connectivity index (χ0) is 26.1. The minimum atomic E-state index is -0.339. The molecular weight excluding hydrogens is 505 g/mol. The van der Waals surface area contributed by atoms with Gasteiger partial charge in [-0.2, -0.15) is 0 Å². The topological polar surface area (TPSA) is 45.2 Å². The molecule has 0 radical (unpaired) electrons. The maximum Gasteiger partial charge on any atom is 0.266 e. The van der Waals surface area contributed by atoms with E-state index in [1.165, 1.54) is 17.4 Å². The molecular formula is C30H31ClFN3OS. The summed E-state index contributed by atoms with van der Waals surface area (Å²) in [6.45, 7) is 4.46. The van der Waals surface area contributed by atoms with Crippen LogP contribution < -0.4 is 5.32 Å². The van der Waals surface area contributed by atoms with Gasteiger partial charge in [-0.15, -0.1) is 11.3 Å². The highest BCUT2D eigenvalue weighted by atomic mass is 35.5. The Morgan fingerprint density at radius 3 is 2.43 bits per heavy atom. The van der Waals surface area contributed by atoms with Crippen molar-refractivity contribution in [3.63, 3.8) is 0 Å². The largest absolute Gasteiger partial charge is 0.331 e. The number of benzene rings is 2. The van der Waals surface area contributed by atoms with Gasteiger partial charge in [-0.1, -0.05) is 29.8 Å². The zero-order valence-electron chi connectivity index (χ0n) is 21.4. The van der Waals surface area contributed by atoms with Crippen LogP contribution in [0.3, 0.4) is 0 Å². The normalized spacial score (nSPS) is 17.8. The van der Waals surface area contributed by atoms with Crippen LogP contribution in [-0.2, 0) is 6.54 Å². The van der Waals surface area contributed by atoms with E-state index >= 15 is 0 Å². The number of fused-ring (bicyclic) bond motifs is 1. The summed E-state index contributed by atoms with van der Waals surface area (Å²) in [5.41, 5.74) is 5.27. The molecule has 0 atom stereocenters. The molecule has 1 aliphatic carbocycles. The average Bonchev–Trinajstić information content (AvgIpc) is 3.29. The lowest BCUT2D eigenvalue weighted by atomic mass is 9.89. The summed E-state index contributed by atoms with van der Waals surface area (Å²) in [4.78, 5) is 20.7. The van der Waals surface area contributed by atoms with Crippen LogP contribution in [0.2, 0.25) is 5.02 Å². The molecule has 192 valence electrons. The molecule has 1 fully saturated rings. The van der Waals surface area contributed by atoms with Gasteiger partial charge in [0.15, 0.2) is 0 Å². The van der Waals surface area contributed by atoms with Gasteiger partial charge in [0.25, 0.3) is 5.91 Å². The number of rotatable bonds is 6. The molecule has 0 bridgehead atoms. The Hall–Kier alpha value is -2.80. The van der Waals surface area contributed by atoms with E-state index in [0.29, 0.717) is 32.6 Å². The van der Waals surface area contributed by atoms with Crippen LogP contribution in [-0.4, -0.2) is 34.9 Å². The number of carbonyl (C=O) groups is 1. The van der Waals surface area contributed by atoms with Gasteiger partial charge in [-0.25, -0.2) is 4.39 Å². The molecule has 1 N–H and O–H groups in total. The molecule has 1 aliphatic rings. The first-order valence-electron chi connectivity index (χ1n) is 12.7. The van der Waals surface area contributed by atoms with Crippen molar-refractivity contribution in [2.24, 2.45) is 0 Å². The Bertz CT molecular complexity index is 1430. The number of thiophene rings is 1. The molecule has 0 aliphatic heterocycles. The van der Waals surface area contributed by atoms with E-state index in [-0.39, 0.29) is 17.8 Å². The molecule has 37 heavy (non-hydrogen) atoms. The highest BCUT2D eigenvalue weighted by molar-refractivity contribution is 7.21. The minimum absolute atomic E-state index is 0.0910. The maximum absolute atomic E-state index is 14.7. The van der Waals surface area contributed by atoms with Crippen LogP contribution in [0.15, 0.2) is 54.9 Å². The van der Waals surface area contributed by atoms with E-state index in [0.717, 1.165) is 53.5 Å². The number of amides is 1. The molecule has 2 aromatic heterocycles. The van der Waals surface area contributed by atoms with Crippen molar-refractivity contribution >= 4 is 38.9 Å². The Kier molecular flexibility index (Phi) is 7.61. The summed E-state index contributed by atoms with van der Waals surface area (Å²) in [5.74, 6) is -0.458. The molecule has 4 nitrogen and oxygen atoms in total. The average molecular weight is 536 g/mol. The fourth-order valence-corrected chi connectivity index (χ4v) is 6.98. The van der Waals surface area contributed by atoms with Crippen LogP contribution in [0.4, 0.5) is 4.39 Å². The zero-order valence-corrected chi connectivity index (χ0v) is 22.9. The SMILES string of the molecule is CN[C@H]1CC[C@H](N(Cc2cc(-c3ccncc3)ccc2C)C(=O)c2sc3c(F)ccc(C)c3c2Cl)CC1. The fraction of sp³-hybridized carbons (Fsp3) is 0.333. The van der Waals surface area contributed by atoms with Crippen molar-refractivity contribution in [1.82, 2.24) is 15.2 Å². The lowest BCUT2D eigenvalue weighted by Crippen LogP contribution is -2.44. The van der Waals surface area contributed by atoms with Gasteiger partial charge in [0, 0.05) is 36.4 Å². The van der Waals surface area contributed by atoms with Crippen LogP contribution in [0.1, 0.15) is 52.0 Å². The van der Waals surface area contributed by atoms with Crippen LogP contribution in [0, 0.1) is 19.7 Å². The maximum atomic E-state index is 14.7. The lowest BCUT2D eigenvalue weighted by molar-refractivity contribution is 0.0606. The van der Waals surface area contributed by atoms with E-state index in [1.807, 2.05) is 31.0 Å². The number of aromatic nitrogens is 1. The van der Waals surface area contributed by atoms with Gasteiger partial charge in [0.05, 0.1) is 9.72 Å². The molecule has 4 aromatic rings. The molecule has 7 heteroatoms. The number of halogens is 2. The number of carbonyl (C=O) groups excluding carboxylic acids is 1. The van der Waals surface area contributed by atoms with Crippen molar-refractivity contribution in [2.75, 3.05) is 7.05 Å². The minimum Gasteiger partial charge on any atom is -0.331 e. The van der Waals surface area contributed by atoms with Crippen molar-refractivity contribution in [1.29, 1.82) is 0 Å². The number of hydrogen-bond donors (Lipinski definition) is 1. The molecule has 0 saturated heterocycles. The molecule has 2 heterocycles. The molecule has 1 saturated carbocycles. The number of nitrogens with zero attached hydrogens (tertiary/aromatic N) is 2. The third kappa shape index (κ3) is 5.15. The molecule has 1 amide bonds. The number of aryl methyl sites for hydroxylation is 2. The second kappa shape index (κ2) is 10.9. The highest BCUT2D eigenvalue weighted by Gasteiger charge is 2.32. The quantitative estimate of drug-likeness (QED) is 0.277. The summed E-state index contributed by atoms with van der Waals surface area (Å²) in [6.07, 6.45) is 7.42. The first kappa shape index (κ1) is 25.8. The third-order valence-corrected chi connectivity index (χ3v) is 9.32. The van der Waals surface area contributed by atoms with E-state index < -0.39 is 0 Å². The number of nitrogens with one attached hydrogen (secondary N) is 1. The van der Waals surface area contributed by atoms with E-state index in [9.17, 15) is 9.18 Å². The molecule has 2 aromatic carbocycles. The first-order valence-corrected chi connectivity index (χ1v) is 13.9. The summed E-state index contributed by atoms with van der Waals surface area (Å²) >= 11 is 7.95. The number of hydrogen-bond acceptors (Lipinski definition) is 4. The standard InChI is InChI=1S/C30H31ClFN3OS/c1-18-4-6-21(20-12-14-34-15-13-20)16-22(18)17-35(24-9-7-23(33-3)8-10-24)30(36)29-27(31)26-19(2)5-11-25(32)28(26)37-29/h4-6,11-16,23-24,33H,7-10,17H2,1-3H3/t23-,24-. The van der Waals surface area contributed by atoms with Gasteiger partial charge < -0.3 is 10.2 Å². The van der Waals surface area contributed by atoms with Gasteiger partial charge in [-0.05, 0) is 98.7 Å². The van der Waals surface area contributed by atoms with E-state index in [4.69, 9.17) is 11.6 Å². The number of pyridine rings is 1. The summed E-state index contributed by atoms with van der Waals surface area (Å²) in [7, 11) is 2.00. The van der Waals surface area contributed by atoms with Crippen LogP contribution in [0.25, 0.3) is 21.2 Å². The summed E-state index contributed by atoms with van der Waals surface area (Å²) < 4.78 is 15.1. The Balaban J connectivity index is 1.54. The molecule has 5 rings (SSSR count). The molecule has 0 unspecified atom stereocenters. The van der Waals surface area contributed by atoms with Crippen molar-refractivity contribution in [2.45, 2.75) is 58.2 Å². The third-order valence-electron chi connectivity index (χ3n) is 7.65. The van der Waals surface area contributed by atoms with E-state index in [2.05, 4.69) is 35.4 Å².